The zero-order valence-corrected chi connectivity index (χ0v) is 36.0. The Morgan fingerprint density at radius 3 is 1.06 bits per heavy atom. The number of aromatic nitrogens is 3. The second-order valence-corrected chi connectivity index (χ2v) is 20.6. The summed E-state index contributed by atoms with van der Waals surface area (Å²) < 4.78 is 7.56. The Labute approximate surface area is 372 Å². The molecule has 0 N–H and O–H groups in total. The first-order valence-electron chi connectivity index (χ1n) is 22.1. The molecule has 13 rings (SSSR count). The summed E-state index contributed by atoms with van der Waals surface area (Å²) in [5.74, 6) is 0. The fraction of sp³-hybridized carbons (Fsp3) is 0. The summed E-state index contributed by atoms with van der Waals surface area (Å²) in [6, 6.07) is 92.6. The second-order valence-electron chi connectivity index (χ2n) is 16.8. The number of nitrogens with zero attached hydrogens (tertiary/aromatic N) is 3. The average molecular weight is 832 g/mol. The normalized spacial score (nSPS) is 12.1. The number of benzene rings is 10. The molecule has 0 aliphatic carbocycles. The molecule has 4 heteroatoms. The molecule has 0 bridgehead atoms. The van der Waals surface area contributed by atoms with Gasteiger partial charge in [-0.1, -0.05) is 194 Å². The molecule has 13 aromatic rings. The summed E-state index contributed by atoms with van der Waals surface area (Å²) in [6.07, 6.45) is 0. The number of rotatable bonds is 7. The van der Waals surface area contributed by atoms with Crippen LogP contribution in [-0.2, 0) is 0 Å². The Morgan fingerprint density at radius 2 is 0.609 bits per heavy atom. The molecule has 3 heterocycles. The van der Waals surface area contributed by atoms with E-state index in [4.69, 9.17) is 0 Å². The van der Waals surface area contributed by atoms with E-state index in [0.29, 0.717) is 0 Å². The summed E-state index contributed by atoms with van der Waals surface area (Å²) >= 11 is 0. The summed E-state index contributed by atoms with van der Waals surface area (Å²) in [4.78, 5) is 0. The molecule has 0 unspecified atom stereocenters. The molecule has 300 valence electrons. The molecule has 3 nitrogen and oxygen atoms in total. The van der Waals surface area contributed by atoms with Crippen LogP contribution >= 0.6 is 0 Å². The van der Waals surface area contributed by atoms with Crippen LogP contribution in [-0.4, -0.2) is 21.8 Å². The van der Waals surface area contributed by atoms with Gasteiger partial charge in [-0.05, 0) is 75.3 Å². The second kappa shape index (κ2) is 14.5. The van der Waals surface area contributed by atoms with Gasteiger partial charge in [0.15, 0.2) is 8.07 Å². The Balaban J connectivity index is 1.22. The van der Waals surface area contributed by atoms with Crippen LogP contribution in [0.15, 0.2) is 249 Å². The molecule has 0 aliphatic heterocycles. The van der Waals surface area contributed by atoms with Crippen molar-refractivity contribution in [1.29, 1.82) is 0 Å². The predicted molar refractivity (Wildman–Crippen MR) is 273 cm³/mol. The van der Waals surface area contributed by atoms with Crippen molar-refractivity contribution in [2.24, 2.45) is 0 Å². The molecule has 3 aromatic heterocycles. The molecule has 0 amide bonds. The molecule has 0 atom stereocenters. The summed E-state index contributed by atoms with van der Waals surface area (Å²) in [5.41, 5.74) is 10.6. The van der Waals surface area contributed by atoms with Gasteiger partial charge in [-0.2, -0.15) is 0 Å². The molecular formula is C60H41N3Si. The predicted octanol–water partition coefficient (Wildman–Crippen LogP) is 12.4. The molecule has 0 radical (unpaired) electrons. The summed E-state index contributed by atoms with van der Waals surface area (Å²) in [5, 5.41) is 12.8. The number of hydrogen-bond donors (Lipinski definition) is 0. The van der Waals surface area contributed by atoms with Crippen LogP contribution in [0.4, 0.5) is 0 Å². The SMILES string of the molecule is c1ccc([Si](c2ccccc2)(c2ccccc2)c2cccc(-n3c4ccccc4c4ccccc43)c2-n2c3ccccc3c3cc(-n4c5ccccc5c5ccccc54)ccc32)cc1. The highest BCUT2D eigenvalue weighted by molar-refractivity contribution is 7.20. The van der Waals surface area contributed by atoms with E-state index in [1.165, 1.54) is 86.3 Å². The van der Waals surface area contributed by atoms with E-state index < -0.39 is 8.07 Å². The van der Waals surface area contributed by atoms with Gasteiger partial charge in [0.25, 0.3) is 0 Å². The zero-order valence-electron chi connectivity index (χ0n) is 35.0. The van der Waals surface area contributed by atoms with Crippen molar-refractivity contribution in [1.82, 2.24) is 13.7 Å². The average Bonchev–Trinajstić information content (AvgIpc) is 4.01. The first kappa shape index (κ1) is 36.5. The smallest absolute Gasteiger partial charge is 0.181 e. The van der Waals surface area contributed by atoms with E-state index in [2.05, 4.69) is 262 Å². The minimum absolute atomic E-state index is 1.14. The van der Waals surface area contributed by atoms with Crippen molar-refractivity contribution >= 4 is 94.2 Å². The molecule has 10 aromatic carbocycles. The van der Waals surface area contributed by atoms with Crippen molar-refractivity contribution in [3.63, 3.8) is 0 Å². The van der Waals surface area contributed by atoms with Crippen LogP contribution in [0.5, 0.6) is 0 Å². The van der Waals surface area contributed by atoms with E-state index >= 15 is 0 Å². The molecule has 0 spiro atoms. The highest BCUT2D eigenvalue weighted by Crippen LogP contribution is 2.40. The van der Waals surface area contributed by atoms with E-state index in [0.717, 1.165) is 16.9 Å². The molecular weight excluding hydrogens is 791 g/mol. The Hall–Kier alpha value is -8.18. The third-order valence-electron chi connectivity index (χ3n) is 13.6. The Morgan fingerprint density at radius 1 is 0.250 bits per heavy atom. The van der Waals surface area contributed by atoms with Crippen LogP contribution in [0.3, 0.4) is 0 Å². The lowest BCUT2D eigenvalue weighted by Gasteiger charge is -2.37. The monoisotopic (exact) mass is 831 g/mol. The molecule has 64 heavy (non-hydrogen) atoms. The van der Waals surface area contributed by atoms with Gasteiger partial charge < -0.3 is 13.7 Å². The zero-order chi connectivity index (χ0) is 42.2. The topological polar surface area (TPSA) is 14.8 Å². The Bertz CT molecular complexity index is 3690. The lowest BCUT2D eigenvalue weighted by molar-refractivity contribution is 1.10. The maximum atomic E-state index is 2.60. The first-order chi connectivity index (χ1) is 31.8. The van der Waals surface area contributed by atoms with Gasteiger partial charge in [0.05, 0.1) is 44.5 Å². The lowest BCUT2D eigenvalue weighted by Crippen LogP contribution is -2.75. The quantitative estimate of drug-likeness (QED) is 0.112. The van der Waals surface area contributed by atoms with Gasteiger partial charge in [0.2, 0.25) is 0 Å². The lowest BCUT2D eigenvalue weighted by atomic mass is 10.1. The van der Waals surface area contributed by atoms with Crippen LogP contribution in [0, 0.1) is 0 Å². The van der Waals surface area contributed by atoms with Gasteiger partial charge in [0, 0.05) is 38.0 Å². The van der Waals surface area contributed by atoms with Crippen molar-refractivity contribution in [3.8, 4) is 17.1 Å². The third kappa shape index (κ3) is 5.21. The molecule has 0 aliphatic rings. The highest BCUT2D eigenvalue weighted by atomic mass is 28.3. The highest BCUT2D eigenvalue weighted by Gasteiger charge is 2.44. The number of para-hydroxylation sites is 6. The van der Waals surface area contributed by atoms with Gasteiger partial charge >= 0.3 is 0 Å². The minimum Gasteiger partial charge on any atom is -0.309 e. The number of fused-ring (bicyclic) bond motifs is 9. The van der Waals surface area contributed by atoms with Gasteiger partial charge in [0.1, 0.15) is 0 Å². The van der Waals surface area contributed by atoms with E-state index in [9.17, 15) is 0 Å². The van der Waals surface area contributed by atoms with Crippen LogP contribution < -0.4 is 20.7 Å². The largest absolute Gasteiger partial charge is 0.309 e. The molecule has 0 saturated heterocycles. The Kier molecular flexibility index (Phi) is 8.23. The summed E-state index contributed by atoms with van der Waals surface area (Å²) in [7, 11) is -3.11. The van der Waals surface area contributed by atoms with Crippen LogP contribution in [0.25, 0.3) is 82.5 Å². The van der Waals surface area contributed by atoms with Gasteiger partial charge in [-0.3, -0.25) is 0 Å². The maximum absolute atomic E-state index is 3.11. The van der Waals surface area contributed by atoms with Gasteiger partial charge in [-0.25, -0.2) is 0 Å². The molecule has 0 fully saturated rings. The van der Waals surface area contributed by atoms with Crippen molar-refractivity contribution in [2.45, 2.75) is 0 Å². The van der Waals surface area contributed by atoms with Crippen molar-refractivity contribution < 1.29 is 0 Å². The van der Waals surface area contributed by atoms with E-state index in [1.807, 2.05) is 0 Å². The van der Waals surface area contributed by atoms with Crippen molar-refractivity contribution in [3.05, 3.63) is 249 Å². The van der Waals surface area contributed by atoms with Crippen molar-refractivity contribution in [2.75, 3.05) is 0 Å². The van der Waals surface area contributed by atoms with Gasteiger partial charge in [-0.15, -0.1) is 0 Å². The standard InChI is InChI=1S/C60H41N3Si/c1-4-21-43(22-5-1)64(44-23-6-2-7-24-44,45-25-8-3-9-26-45)59-38-20-37-58(62-54-34-17-12-29-48(54)49-30-13-18-35-55(49)62)60(59)63-56-36-19-14-31-50(56)51-41-42(39-40-57(51)63)61-52-32-15-10-27-46(52)47-28-11-16-33-53(47)61/h1-41H. The molecule has 0 saturated carbocycles. The third-order valence-corrected chi connectivity index (χ3v) is 18.4. The minimum atomic E-state index is -3.11. The van der Waals surface area contributed by atoms with Crippen LogP contribution in [0.2, 0.25) is 0 Å². The van der Waals surface area contributed by atoms with Crippen LogP contribution in [0.1, 0.15) is 0 Å². The summed E-state index contributed by atoms with van der Waals surface area (Å²) in [6.45, 7) is 0. The fourth-order valence-electron chi connectivity index (χ4n) is 11.0. The van der Waals surface area contributed by atoms with E-state index in [1.54, 1.807) is 0 Å². The first-order valence-corrected chi connectivity index (χ1v) is 24.1. The van der Waals surface area contributed by atoms with E-state index in [-0.39, 0.29) is 0 Å². The maximum Gasteiger partial charge on any atom is 0.181 e. The number of hydrogen-bond acceptors (Lipinski definition) is 0. The fourth-order valence-corrected chi connectivity index (χ4v) is 16.0.